The Morgan fingerprint density at radius 1 is 1.55 bits per heavy atom. The summed E-state index contributed by atoms with van der Waals surface area (Å²) in [4.78, 5) is 0.208. The molecule has 2 rings (SSSR count). The fourth-order valence-electron chi connectivity index (χ4n) is 2.18. The maximum absolute atomic E-state index is 12.6. The number of rotatable bonds is 7. The van der Waals surface area contributed by atoms with Crippen molar-refractivity contribution in [2.45, 2.75) is 37.8 Å². The van der Waals surface area contributed by atoms with Crippen LogP contribution in [0.2, 0.25) is 0 Å². The Kier molecular flexibility index (Phi) is 4.53. The monoisotopic (exact) mass is 296 g/mol. The largest absolute Gasteiger partial charge is 0.390 e. The highest BCUT2D eigenvalue weighted by Crippen LogP contribution is 2.31. The molecule has 110 valence electrons. The van der Waals surface area contributed by atoms with Gasteiger partial charge in [0.2, 0.25) is 10.0 Å². The zero-order valence-electron chi connectivity index (χ0n) is 11.6. The zero-order chi connectivity index (χ0) is 14.8. The number of sulfonamides is 1. The number of aryl methyl sites for hydroxylation is 1. The molecular weight excluding hydrogens is 276 g/mol. The SMILES string of the molecule is C#CCN(CC1CC1)S(=O)(=O)c1cc(CO)n(CC)c1. The zero-order valence-corrected chi connectivity index (χ0v) is 12.4. The molecule has 1 aromatic heterocycles. The molecule has 20 heavy (non-hydrogen) atoms. The molecule has 0 unspecified atom stereocenters. The van der Waals surface area contributed by atoms with Crippen LogP contribution in [0.15, 0.2) is 17.2 Å². The van der Waals surface area contributed by atoms with Crippen molar-refractivity contribution in [2.75, 3.05) is 13.1 Å². The molecule has 1 aromatic rings. The van der Waals surface area contributed by atoms with E-state index in [1.54, 1.807) is 10.8 Å². The van der Waals surface area contributed by atoms with Crippen molar-refractivity contribution in [2.24, 2.45) is 5.92 Å². The summed E-state index contributed by atoms with van der Waals surface area (Å²) in [5.74, 6) is 2.85. The molecular formula is C14H20N2O3S. The lowest BCUT2D eigenvalue weighted by atomic mass is 10.4. The molecule has 1 saturated carbocycles. The van der Waals surface area contributed by atoms with Crippen molar-refractivity contribution < 1.29 is 13.5 Å². The third-order valence-electron chi connectivity index (χ3n) is 3.53. The normalized spacial score (nSPS) is 15.5. The molecule has 5 nitrogen and oxygen atoms in total. The molecule has 0 radical (unpaired) electrons. The Bertz CT molecular complexity index is 587. The first-order valence-corrected chi connectivity index (χ1v) is 8.20. The Hall–Kier alpha value is -1.29. The fraction of sp³-hybridized carbons (Fsp3) is 0.571. The molecule has 1 aliphatic rings. The van der Waals surface area contributed by atoms with Crippen molar-refractivity contribution in [3.63, 3.8) is 0 Å². The summed E-state index contributed by atoms with van der Waals surface area (Å²) < 4.78 is 28.3. The van der Waals surface area contributed by atoms with Gasteiger partial charge in [-0.3, -0.25) is 0 Å². The molecule has 0 saturated heterocycles. The highest BCUT2D eigenvalue weighted by atomic mass is 32.2. The molecule has 0 aromatic carbocycles. The summed E-state index contributed by atoms with van der Waals surface area (Å²) >= 11 is 0. The van der Waals surface area contributed by atoms with Gasteiger partial charge in [-0.2, -0.15) is 4.31 Å². The molecule has 1 heterocycles. The van der Waals surface area contributed by atoms with Gasteiger partial charge in [0.25, 0.3) is 0 Å². The van der Waals surface area contributed by atoms with E-state index in [1.807, 2.05) is 6.92 Å². The van der Waals surface area contributed by atoms with Gasteiger partial charge in [-0.25, -0.2) is 8.42 Å². The summed E-state index contributed by atoms with van der Waals surface area (Å²) in [6.07, 6.45) is 8.98. The molecule has 1 fully saturated rings. The van der Waals surface area contributed by atoms with Crippen molar-refractivity contribution >= 4 is 10.0 Å². The van der Waals surface area contributed by atoms with Gasteiger partial charge in [0.1, 0.15) is 4.90 Å². The summed E-state index contributed by atoms with van der Waals surface area (Å²) in [6.45, 7) is 2.91. The average molecular weight is 296 g/mol. The van der Waals surface area contributed by atoms with Crippen LogP contribution in [-0.4, -0.2) is 35.5 Å². The second-order valence-corrected chi connectivity index (χ2v) is 6.99. The molecule has 1 aliphatic carbocycles. The number of aliphatic hydroxyl groups excluding tert-OH is 1. The van der Waals surface area contributed by atoms with Gasteiger partial charge in [-0.05, 0) is 31.7 Å². The van der Waals surface area contributed by atoms with Crippen LogP contribution in [0.25, 0.3) is 0 Å². The molecule has 0 atom stereocenters. The number of hydrogen-bond donors (Lipinski definition) is 1. The first kappa shape index (κ1) is 15.1. The Labute approximate surface area is 120 Å². The summed E-state index contributed by atoms with van der Waals surface area (Å²) in [5, 5.41) is 9.26. The van der Waals surface area contributed by atoms with E-state index in [0.29, 0.717) is 24.7 Å². The van der Waals surface area contributed by atoms with E-state index in [1.165, 1.54) is 10.4 Å². The van der Waals surface area contributed by atoms with E-state index in [2.05, 4.69) is 5.92 Å². The minimum absolute atomic E-state index is 0.0879. The van der Waals surface area contributed by atoms with Crippen molar-refractivity contribution in [1.29, 1.82) is 0 Å². The second-order valence-electron chi connectivity index (χ2n) is 5.06. The number of aliphatic hydroxyl groups is 1. The van der Waals surface area contributed by atoms with E-state index in [9.17, 15) is 13.5 Å². The quantitative estimate of drug-likeness (QED) is 0.765. The fourth-order valence-corrected chi connectivity index (χ4v) is 3.67. The van der Waals surface area contributed by atoms with Gasteiger partial charge in [-0.1, -0.05) is 5.92 Å². The second kappa shape index (κ2) is 6.00. The van der Waals surface area contributed by atoms with Crippen LogP contribution >= 0.6 is 0 Å². The Balaban J connectivity index is 2.31. The highest BCUT2D eigenvalue weighted by Gasteiger charge is 2.32. The third-order valence-corrected chi connectivity index (χ3v) is 5.30. The van der Waals surface area contributed by atoms with Crippen LogP contribution < -0.4 is 0 Å². The van der Waals surface area contributed by atoms with Gasteiger partial charge in [-0.15, -0.1) is 6.42 Å². The van der Waals surface area contributed by atoms with Crippen LogP contribution in [0.3, 0.4) is 0 Å². The molecule has 1 N–H and O–H groups in total. The minimum atomic E-state index is -3.58. The van der Waals surface area contributed by atoms with Gasteiger partial charge in [0.15, 0.2) is 0 Å². The molecule has 0 amide bonds. The topological polar surface area (TPSA) is 62.5 Å². The number of aromatic nitrogens is 1. The maximum atomic E-state index is 12.6. The van der Waals surface area contributed by atoms with Crippen molar-refractivity contribution in [1.82, 2.24) is 8.87 Å². The highest BCUT2D eigenvalue weighted by molar-refractivity contribution is 7.89. The van der Waals surface area contributed by atoms with Gasteiger partial charge >= 0.3 is 0 Å². The molecule has 6 heteroatoms. The first-order valence-electron chi connectivity index (χ1n) is 6.76. The van der Waals surface area contributed by atoms with E-state index in [4.69, 9.17) is 6.42 Å². The lowest BCUT2D eigenvalue weighted by Gasteiger charge is -2.18. The summed E-state index contributed by atoms with van der Waals surface area (Å²) in [6, 6.07) is 1.52. The summed E-state index contributed by atoms with van der Waals surface area (Å²) in [5.41, 5.74) is 0.596. The Morgan fingerprint density at radius 2 is 2.25 bits per heavy atom. The van der Waals surface area contributed by atoms with Gasteiger partial charge < -0.3 is 9.67 Å². The van der Waals surface area contributed by atoms with Crippen LogP contribution in [0.5, 0.6) is 0 Å². The predicted octanol–water partition coefficient (Wildman–Crippen LogP) is 1.03. The van der Waals surface area contributed by atoms with E-state index in [0.717, 1.165) is 12.8 Å². The lowest BCUT2D eigenvalue weighted by molar-refractivity contribution is 0.271. The van der Waals surface area contributed by atoms with Crippen molar-refractivity contribution in [3.05, 3.63) is 18.0 Å². The van der Waals surface area contributed by atoms with Crippen LogP contribution in [0.1, 0.15) is 25.5 Å². The lowest BCUT2D eigenvalue weighted by Crippen LogP contribution is -2.33. The number of hydrogen-bond acceptors (Lipinski definition) is 3. The average Bonchev–Trinajstić information content (AvgIpc) is 3.14. The smallest absolute Gasteiger partial charge is 0.245 e. The molecule has 0 spiro atoms. The predicted molar refractivity (Wildman–Crippen MR) is 76.3 cm³/mol. The van der Waals surface area contributed by atoms with Gasteiger partial charge in [0.05, 0.1) is 13.2 Å². The first-order chi connectivity index (χ1) is 9.52. The van der Waals surface area contributed by atoms with Crippen LogP contribution in [-0.2, 0) is 23.2 Å². The van der Waals surface area contributed by atoms with Crippen LogP contribution in [0.4, 0.5) is 0 Å². The van der Waals surface area contributed by atoms with E-state index >= 15 is 0 Å². The van der Waals surface area contributed by atoms with Gasteiger partial charge in [0, 0.05) is 25.0 Å². The number of nitrogens with zero attached hydrogens (tertiary/aromatic N) is 2. The van der Waals surface area contributed by atoms with E-state index < -0.39 is 10.0 Å². The van der Waals surface area contributed by atoms with Crippen molar-refractivity contribution in [3.8, 4) is 12.3 Å². The standard InChI is InChI=1S/C14H20N2O3S/c1-3-7-16(9-12-5-6-12)20(18,19)14-8-13(11-17)15(4-2)10-14/h1,8,10,12,17H,4-7,9,11H2,2H3. The Morgan fingerprint density at radius 3 is 2.70 bits per heavy atom. The number of terminal acetylenes is 1. The third kappa shape index (κ3) is 3.06. The maximum Gasteiger partial charge on any atom is 0.245 e. The molecule has 0 aliphatic heterocycles. The molecule has 0 bridgehead atoms. The van der Waals surface area contributed by atoms with E-state index in [-0.39, 0.29) is 18.0 Å². The minimum Gasteiger partial charge on any atom is -0.390 e. The van der Waals surface area contributed by atoms with Crippen LogP contribution in [0, 0.1) is 18.3 Å². The summed E-state index contributed by atoms with van der Waals surface area (Å²) in [7, 11) is -3.58.